The maximum atomic E-state index is 12.6. The van der Waals surface area contributed by atoms with Gasteiger partial charge in [0.15, 0.2) is 0 Å². The van der Waals surface area contributed by atoms with Crippen LogP contribution in [0, 0.1) is 0 Å². The zero-order valence-corrected chi connectivity index (χ0v) is 15.5. The number of aryl methyl sites for hydroxylation is 1. The Balaban J connectivity index is 1.62. The van der Waals surface area contributed by atoms with Crippen LogP contribution in [0.3, 0.4) is 0 Å². The fourth-order valence-corrected chi connectivity index (χ4v) is 3.13. The van der Waals surface area contributed by atoms with Crippen LogP contribution in [0.4, 0.5) is 0 Å². The zero-order valence-electron chi connectivity index (χ0n) is 14.7. The van der Waals surface area contributed by atoms with Crippen molar-refractivity contribution in [3.8, 4) is 0 Å². The molecule has 0 saturated heterocycles. The molecule has 0 aliphatic rings. The summed E-state index contributed by atoms with van der Waals surface area (Å²) in [7, 11) is 0. The van der Waals surface area contributed by atoms with Crippen molar-refractivity contribution in [2.45, 2.75) is 12.8 Å². The minimum Gasteiger partial charge on any atom is -0.469 e. The van der Waals surface area contributed by atoms with Crippen molar-refractivity contribution in [1.82, 2.24) is 10.6 Å². The number of thiophene rings is 1. The molecular formula is C21H20N2O3S. The van der Waals surface area contributed by atoms with E-state index in [-0.39, 0.29) is 17.5 Å². The van der Waals surface area contributed by atoms with Crippen LogP contribution < -0.4 is 10.6 Å². The van der Waals surface area contributed by atoms with Gasteiger partial charge < -0.3 is 15.1 Å². The van der Waals surface area contributed by atoms with E-state index in [0.29, 0.717) is 12.1 Å². The molecule has 2 aromatic heterocycles. The minimum absolute atomic E-state index is 0.226. The number of hydrogen-bond acceptors (Lipinski definition) is 4. The van der Waals surface area contributed by atoms with E-state index in [1.807, 2.05) is 35.7 Å². The van der Waals surface area contributed by atoms with Crippen LogP contribution in [0.15, 0.2) is 76.4 Å². The van der Waals surface area contributed by atoms with E-state index >= 15 is 0 Å². The SMILES string of the molecule is O=C(NCCCc1ccco1)/C(=C/c1cccs1)NC(=O)c1ccccc1. The summed E-state index contributed by atoms with van der Waals surface area (Å²) in [6.45, 7) is 0.489. The number of amides is 2. The van der Waals surface area contributed by atoms with E-state index in [9.17, 15) is 9.59 Å². The fourth-order valence-electron chi connectivity index (χ4n) is 2.47. The Kier molecular flexibility index (Phi) is 6.60. The molecule has 0 fully saturated rings. The van der Waals surface area contributed by atoms with Gasteiger partial charge in [-0.15, -0.1) is 11.3 Å². The lowest BCUT2D eigenvalue weighted by Crippen LogP contribution is -2.35. The molecule has 3 aromatic rings. The molecular weight excluding hydrogens is 360 g/mol. The van der Waals surface area contributed by atoms with Crippen LogP contribution in [-0.2, 0) is 11.2 Å². The third kappa shape index (κ3) is 5.69. The summed E-state index contributed by atoms with van der Waals surface area (Å²) in [4.78, 5) is 25.9. The van der Waals surface area contributed by atoms with Gasteiger partial charge in [0.25, 0.3) is 11.8 Å². The van der Waals surface area contributed by atoms with Crippen molar-refractivity contribution in [3.63, 3.8) is 0 Å². The molecule has 138 valence electrons. The maximum Gasteiger partial charge on any atom is 0.267 e. The number of carbonyl (C=O) groups is 2. The second-order valence-corrected chi connectivity index (χ2v) is 6.81. The van der Waals surface area contributed by atoms with Gasteiger partial charge in [-0.3, -0.25) is 9.59 Å². The number of carbonyl (C=O) groups excluding carboxylic acids is 2. The Morgan fingerprint density at radius 1 is 1.04 bits per heavy atom. The molecule has 27 heavy (non-hydrogen) atoms. The number of benzene rings is 1. The average molecular weight is 380 g/mol. The lowest BCUT2D eigenvalue weighted by molar-refractivity contribution is -0.117. The summed E-state index contributed by atoms with van der Waals surface area (Å²) in [6, 6.07) is 16.4. The molecule has 0 aliphatic heterocycles. The summed E-state index contributed by atoms with van der Waals surface area (Å²) < 4.78 is 5.28. The average Bonchev–Trinajstić information content (AvgIpc) is 3.39. The Morgan fingerprint density at radius 2 is 1.89 bits per heavy atom. The third-order valence-corrected chi connectivity index (χ3v) is 4.64. The minimum atomic E-state index is -0.316. The molecule has 1 aromatic carbocycles. The first-order valence-corrected chi connectivity index (χ1v) is 9.52. The number of furan rings is 1. The van der Waals surface area contributed by atoms with Crippen molar-refractivity contribution < 1.29 is 14.0 Å². The first-order valence-electron chi connectivity index (χ1n) is 8.64. The highest BCUT2D eigenvalue weighted by Gasteiger charge is 2.14. The van der Waals surface area contributed by atoms with Crippen molar-refractivity contribution in [3.05, 3.63) is 88.1 Å². The van der Waals surface area contributed by atoms with Gasteiger partial charge >= 0.3 is 0 Å². The van der Waals surface area contributed by atoms with Gasteiger partial charge in [0.05, 0.1) is 6.26 Å². The fraction of sp³-hybridized carbons (Fsp3) is 0.143. The van der Waals surface area contributed by atoms with Gasteiger partial charge in [0.2, 0.25) is 0 Å². The first-order chi connectivity index (χ1) is 13.2. The predicted molar refractivity (Wildman–Crippen MR) is 106 cm³/mol. The molecule has 0 unspecified atom stereocenters. The van der Waals surface area contributed by atoms with E-state index in [4.69, 9.17) is 4.42 Å². The standard InChI is InChI=1S/C21H20N2O3S/c24-20(16-7-2-1-3-8-16)23-19(15-18-11-6-14-27-18)21(25)22-12-4-9-17-10-5-13-26-17/h1-3,5-8,10-11,13-15H,4,9,12H2,(H,22,25)(H,23,24)/b19-15-. The second-order valence-electron chi connectivity index (χ2n) is 5.83. The molecule has 5 nitrogen and oxygen atoms in total. The highest BCUT2D eigenvalue weighted by molar-refractivity contribution is 7.10. The second kappa shape index (κ2) is 9.54. The molecule has 2 N–H and O–H groups in total. The van der Waals surface area contributed by atoms with Crippen molar-refractivity contribution in [2.24, 2.45) is 0 Å². The summed E-state index contributed by atoms with van der Waals surface area (Å²) in [6.07, 6.45) is 4.81. The van der Waals surface area contributed by atoms with Gasteiger partial charge in [-0.25, -0.2) is 0 Å². The highest BCUT2D eigenvalue weighted by Crippen LogP contribution is 2.13. The number of nitrogens with one attached hydrogen (secondary N) is 2. The van der Waals surface area contributed by atoms with Gasteiger partial charge in [-0.2, -0.15) is 0 Å². The van der Waals surface area contributed by atoms with Crippen LogP contribution >= 0.6 is 11.3 Å². The largest absolute Gasteiger partial charge is 0.469 e. The van der Waals surface area contributed by atoms with Gasteiger partial charge in [0.1, 0.15) is 11.5 Å². The van der Waals surface area contributed by atoms with Crippen LogP contribution in [0.5, 0.6) is 0 Å². The Bertz CT molecular complexity index is 885. The normalized spacial score (nSPS) is 11.2. The van der Waals surface area contributed by atoms with Crippen molar-refractivity contribution >= 4 is 29.2 Å². The van der Waals surface area contributed by atoms with E-state index in [1.165, 1.54) is 11.3 Å². The van der Waals surface area contributed by atoms with Crippen LogP contribution in [0.1, 0.15) is 27.4 Å². The van der Waals surface area contributed by atoms with E-state index < -0.39 is 0 Å². The lowest BCUT2D eigenvalue weighted by Gasteiger charge is -2.11. The lowest BCUT2D eigenvalue weighted by atomic mass is 10.2. The summed E-state index contributed by atoms with van der Waals surface area (Å²) in [5.74, 6) is 0.257. The number of hydrogen-bond donors (Lipinski definition) is 2. The maximum absolute atomic E-state index is 12.6. The third-order valence-electron chi connectivity index (χ3n) is 3.82. The molecule has 3 rings (SSSR count). The highest BCUT2D eigenvalue weighted by atomic mass is 32.1. The summed E-state index contributed by atoms with van der Waals surface area (Å²) >= 11 is 1.50. The smallest absolute Gasteiger partial charge is 0.267 e. The van der Waals surface area contributed by atoms with Gasteiger partial charge in [0, 0.05) is 23.4 Å². The first kappa shape index (κ1) is 18.7. The molecule has 2 amide bonds. The molecule has 2 heterocycles. The van der Waals surface area contributed by atoms with Gasteiger partial charge in [-0.1, -0.05) is 24.3 Å². The molecule has 0 saturated carbocycles. The Labute approximate surface area is 161 Å². The van der Waals surface area contributed by atoms with Crippen LogP contribution in [0.25, 0.3) is 6.08 Å². The molecule has 0 spiro atoms. The topological polar surface area (TPSA) is 71.3 Å². The van der Waals surface area contributed by atoms with Crippen LogP contribution in [0.2, 0.25) is 0 Å². The summed E-state index contributed by atoms with van der Waals surface area (Å²) in [5, 5.41) is 7.50. The van der Waals surface area contributed by atoms with Crippen molar-refractivity contribution in [2.75, 3.05) is 6.54 Å². The number of rotatable bonds is 8. The molecule has 0 radical (unpaired) electrons. The van der Waals surface area contributed by atoms with Crippen molar-refractivity contribution in [1.29, 1.82) is 0 Å². The predicted octanol–water partition coefficient (Wildman–Crippen LogP) is 3.86. The Morgan fingerprint density at radius 3 is 2.59 bits per heavy atom. The van der Waals surface area contributed by atoms with E-state index in [1.54, 1.807) is 36.6 Å². The van der Waals surface area contributed by atoms with Crippen LogP contribution in [-0.4, -0.2) is 18.4 Å². The molecule has 6 heteroatoms. The van der Waals surface area contributed by atoms with Gasteiger partial charge in [-0.05, 0) is 48.2 Å². The molecule has 0 bridgehead atoms. The Hall–Kier alpha value is -3.12. The quantitative estimate of drug-likeness (QED) is 0.460. The van der Waals surface area contributed by atoms with E-state index in [2.05, 4.69) is 10.6 Å². The molecule has 0 aliphatic carbocycles. The summed E-state index contributed by atoms with van der Waals surface area (Å²) in [5.41, 5.74) is 0.726. The molecule has 0 atom stereocenters. The monoisotopic (exact) mass is 380 g/mol. The zero-order chi connectivity index (χ0) is 18.9. The van der Waals surface area contributed by atoms with E-state index in [0.717, 1.165) is 23.5 Å².